The van der Waals surface area contributed by atoms with Gasteiger partial charge in [0.2, 0.25) is 5.91 Å². The minimum Gasteiger partial charge on any atom is -0.493 e. The fourth-order valence-corrected chi connectivity index (χ4v) is 5.49. The van der Waals surface area contributed by atoms with Gasteiger partial charge in [0, 0.05) is 29.6 Å². The predicted octanol–water partition coefficient (Wildman–Crippen LogP) is 3.97. The fraction of sp³-hybridized carbons (Fsp3) is 0.214. The Hall–Kier alpha value is -4.26. The summed E-state index contributed by atoms with van der Waals surface area (Å²) in [6.45, 7) is 0.397. The third kappa shape index (κ3) is 3.19. The zero-order valence-corrected chi connectivity index (χ0v) is 19.5. The van der Waals surface area contributed by atoms with Crippen molar-refractivity contribution in [1.82, 2.24) is 15.2 Å². The van der Waals surface area contributed by atoms with E-state index in [0.717, 1.165) is 33.3 Å². The van der Waals surface area contributed by atoms with Crippen LogP contribution in [0.1, 0.15) is 38.8 Å². The number of fused-ring (bicyclic) bond motifs is 7. The molecule has 7 heteroatoms. The summed E-state index contributed by atoms with van der Waals surface area (Å²) < 4.78 is 11.1. The molecule has 2 aliphatic heterocycles. The van der Waals surface area contributed by atoms with Gasteiger partial charge in [-0.15, -0.1) is 0 Å². The van der Waals surface area contributed by atoms with Crippen LogP contribution in [0.2, 0.25) is 0 Å². The number of amides is 2. The quantitative estimate of drug-likeness (QED) is 0.465. The molecule has 7 nitrogen and oxygen atoms in total. The van der Waals surface area contributed by atoms with Gasteiger partial charge in [-0.3, -0.25) is 9.59 Å². The molecule has 176 valence electrons. The molecule has 0 radical (unpaired) electrons. The molecular formula is C28H25N3O4. The van der Waals surface area contributed by atoms with Crippen LogP contribution in [0.15, 0.2) is 66.7 Å². The lowest BCUT2D eigenvalue weighted by molar-refractivity contribution is -0.126. The van der Waals surface area contributed by atoms with Crippen molar-refractivity contribution in [3.8, 4) is 11.5 Å². The number of carbonyl (C=O) groups is 2. The Labute approximate surface area is 202 Å². The van der Waals surface area contributed by atoms with Crippen LogP contribution >= 0.6 is 0 Å². The number of carbonyl (C=O) groups excluding carboxylic acids is 2. The molecule has 0 aliphatic carbocycles. The highest BCUT2D eigenvalue weighted by atomic mass is 16.5. The van der Waals surface area contributed by atoms with E-state index in [1.807, 2.05) is 60.7 Å². The Morgan fingerprint density at radius 2 is 1.80 bits per heavy atom. The standard InChI is InChI=1S/C28H25N3O4/c1-34-22-13-12-18-23(26(22)35-2)28(33)31-21(27(32)29-15-16-8-4-3-5-9-16)14-19-17-10-6-7-11-20(17)30-24(19)25(18)31/h3-13,21,25,30H,14-15H2,1-2H3,(H,29,32)/t21-,25-/m0/s1. The van der Waals surface area contributed by atoms with E-state index in [1.165, 1.54) is 7.11 Å². The van der Waals surface area contributed by atoms with Crippen LogP contribution in [-0.4, -0.2) is 42.0 Å². The Kier molecular flexibility index (Phi) is 4.99. The Morgan fingerprint density at radius 3 is 2.57 bits per heavy atom. The third-order valence-corrected chi connectivity index (χ3v) is 7.06. The SMILES string of the molecule is COc1ccc2c(c1OC)C(=O)N1[C@@H]2c2[nH]c3ccccc3c2C[C@H]1C(=O)NCc1ccccc1. The Morgan fingerprint density at radius 1 is 1.03 bits per heavy atom. The van der Waals surface area contributed by atoms with Crippen LogP contribution in [-0.2, 0) is 17.8 Å². The maximum absolute atomic E-state index is 13.9. The minimum atomic E-state index is -0.661. The predicted molar refractivity (Wildman–Crippen MR) is 132 cm³/mol. The lowest BCUT2D eigenvalue weighted by Crippen LogP contribution is -2.52. The number of methoxy groups -OCH3 is 2. The van der Waals surface area contributed by atoms with Gasteiger partial charge in [0.25, 0.3) is 5.91 Å². The summed E-state index contributed by atoms with van der Waals surface area (Å²) in [5, 5.41) is 4.13. The molecule has 0 saturated carbocycles. The van der Waals surface area contributed by atoms with Crippen molar-refractivity contribution < 1.29 is 19.1 Å². The molecule has 0 unspecified atom stereocenters. The molecule has 2 amide bonds. The number of nitrogens with one attached hydrogen (secondary N) is 2. The summed E-state index contributed by atoms with van der Waals surface area (Å²) >= 11 is 0. The van der Waals surface area contributed by atoms with Crippen LogP contribution in [0.5, 0.6) is 11.5 Å². The first-order chi connectivity index (χ1) is 17.1. The summed E-state index contributed by atoms with van der Waals surface area (Å²) in [4.78, 5) is 32.7. The van der Waals surface area contributed by atoms with E-state index in [2.05, 4.69) is 16.4 Å². The van der Waals surface area contributed by atoms with E-state index in [4.69, 9.17) is 9.47 Å². The zero-order chi connectivity index (χ0) is 24.1. The van der Waals surface area contributed by atoms with Crippen LogP contribution in [0.4, 0.5) is 0 Å². The smallest absolute Gasteiger partial charge is 0.259 e. The second kappa shape index (κ2) is 8.20. The van der Waals surface area contributed by atoms with Crippen molar-refractivity contribution >= 4 is 22.7 Å². The van der Waals surface area contributed by atoms with Crippen molar-refractivity contribution in [2.75, 3.05) is 14.2 Å². The maximum Gasteiger partial charge on any atom is 0.259 e. The molecule has 6 rings (SSSR count). The van der Waals surface area contributed by atoms with Crippen LogP contribution in [0.3, 0.4) is 0 Å². The average Bonchev–Trinajstić information content (AvgIpc) is 3.42. The van der Waals surface area contributed by atoms with E-state index >= 15 is 0 Å². The van der Waals surface area contributed by atoms with E-state index < -0.39 is 12.1 Å². The molecule has 0 saturated heterocycles. The maximum atomic E-state index is 13.9. The molecule has 2 atom stereocenters. The highest BCUT2D eigenvalue weighted by molar-refractivity contribution is 6.06. The van der Waals surface area contributed by atoms with Gasteiger partial charge in [-0.2, -0.15) is 0 Å². The van der Waals surface area contributed by atoms with Crippen LogP contribution < -0.4 is 14.8 Å². The fourth-order valence-electron chi connectivity index (χ4n) is 5.49. The van der Waals surface area contributed by atoms with Crippen molar-refractivity contribution in [2.24, 2.45) is 0 Å². The number of hydrogen-bond donors (Lipinski definition) is 2. The van der Waals surface area contributed by atoms with Gasteiger partial charge >= 0.3 is 0 Å². The molecule has 2 aliphatic rings. The number of rotatable bonds is 5. The minimum absolute atomic E-state index is 0.179. The molecule has 0 spiro atoms. The number of H-pyrrole nitrogens is 1. The largest absolute Gasteiger partial charge is 0.493 e. The molecule has 1 aromatic heterocycles. The topological polar surface area (TPSA) is 83.7 Å². The highest BCUT2D eigenvalue weighted by Gasteiger charge is 2.50. The molecule has 2 N–H and O–H groups in total. The van der Waals surface area contributed by atoms with Gasteiger partial charge in [0.1, 0.15) is 6.04 Å². The van der Waals surface area contributed by atoms with Crippen LogP contribution in [0, 0.1) is 0 Å². The Balaban J connectivity index is 1.47. The first-order valence-electron chi connectivity index (χ1n) is 11.6. The summed E-state index contributed by atoms with van der Waals surface area (Å²) in [6, 6.07) is 20.5. The van der Waals surface area contributed by atoms with Crippen molar-refractivity contribution in [1.29, 1.82) is 0 Å². The number of hydrogen-bond acceptors (Lipinski definition) is 4. The number of aromatic amines is 1. The number of nitrogens with zero attached hydrogens (tertiary/aromatic N) is 1. The second-order valence-corrected chi connectivity index (χ2v) is 8.87. The molecule has 0 bridgehead atoms. The van der Waals surface area contributed by atoms with Gasteiger partial charge in [-0.05, 0) is 28.8 Å². The lowest BCUT2D eigenvalue weighted by atomic mass is 9.89. The number of benzene rings is 3. The summed E-state index contributed by atoms with van der Waals surface area (Å²) in [7, 11) is 3.08. The first-order valence-corrected chi connectivity index (χ1v) is 11.6. The summed E-state index contributed by atoms with van der Waals surface area (Å²) in [5.74, 6) is 0.471. The molecule has 3 heterocycles. The van der Waals surface area contributed by atoms with Gasteiger partial charge in [0.15, 0.2) is 11.5 Å². The van der Waals surface area contributed by atoms with E-state index in [0.29, 0.717) is 30.0 Å². The second-order valence-electron chi connectivity index (χ2n) is 8.87. The molecule has 35 heavy (non-hydrogen) atoms. The number of aromatic nitrogens is 1. The Bertz CT molecular complexity index is 1460. The zero-order valence-electron chi connectivity index (χ0n) is 19.5. The molecule has 3 aromatic carbocycles. The average molecular weight is 468 g/mol. The van der Waals surface area contributed by atoms with Crippen LogP contribution in [0.25, 0.3) is 10.9 Å². The monoisotopic (exact) mass is 467 g/mol. The van der Waals surface area contributed by atoms with Gasteiger partial charge in [0.05, 0.1) is 25.8 Å². The number of ether oxygens (including phenoxy) is 2. The van der Waals surface area contributed by atoms with Crippen molar-refractivity contribution in [3.05, 3.63) is 94.7 Å². The normalized spacial score (nSPS) is 18.1. The van der Waals surface area contributed by atoms with Gasteiger partial charge in [-0.25, -0.2) is 0 Å². The first kappa shape index (κ1) is 21.3. The number of para-hydroxylation sites is 1. The van der Waals surface area contributed by atoms with Crippen molar-refractivity contribution in [3.63, 3.8) is 0 Å². The molecule has 0 fully saturated rings. The van der Waals surface area contributed by atoms with E-state index in [1.54, 1.807) is 12.0 Å². The van der Waals surface area contributed by atoms with E-state index in [-0.39, 0.29) is 11.8 Å². The molecule has 4 aromatic rings. The highest BCUT2D eigenvalue weighted by Crippen LogP contribution is 2.50. The third-order valence-electron chi connectivity index (χ3n) is 7.06. The van der Waals surface area contributed by atoms with Gasteiger partial charge < -0.3 is 24.7 Å². The van der Waals surface area contributed by atoms with E-state index in [9.17, 15) is 9.59 Å². The summed E-state index contributed by atoms with van der Waals surface area (Å²) in [6.07, 6.45) is 0.426. The van der Waals surface area contributed by atoms with Crippen molar-refractivity contribution in [2.45, 2.75) is 25.0 Å². The lowest BCUT2D eigenvalue weighted by Gasteiger charge is -2.37. The summed E-state index contributed by atoms with van der Waals surface area (Å²) in [5.41, 5.74) is 5.26. The van der Waals surface area contributed by atoms with Gasteiger partial charge in [-0.1, -0.05) is 54.6 Å². The molecular weight excluding hydrogens is 442 g/mol.